The van der Waals surface area contributed by atoms with Crippen molar-refractivity contribution in [2.45, 2.75) is 44.3 Å². The van der Waals surface area contributed by atoms with Crippen molar-refractivity contribution < 1.29 is 312 Å². The topological polar surface area (TPSA) is 281 Å². The second kappa shape index (κ2) is 31.2. The Morgan fingerprint density at radius 3 is 0.667 bits per heavy atom. The van der Waals surface area contributed by atoms with Crippen LogP contribution in [0.15, 0.2) is 0 Å². The molecule has 33 heavy (non-hydrogen) atoms. The molecule has 0 unspecified atom stereocenters. The van der Waals surface area contributed by atoms with Crippen LogP contribution in [0.1, 0.15) is 33.1 Å². The summed E-state index contributed by atoms with van der Waals surface area (Å²) in [5.41, 5.74) is -5.95. The molecule has 0 aromatic heterocycles. The number of rotatable bonds is 10. The van der Waals surface area contributed by atoms with Crippen LogP contribution in [0.2, 0.25) is 0 Å². The Balaban J connectivity index is -0.0000000411. The molecule has 156 valence electrons. The minimum absolute atomic E-state index is 0. The fourth-order valence-corrected chi connectivity index (χ4v) is 1.37. The van der Waals surface area contributed by atoms with Gasteiger partial charge in [-0.3, -0.25) is 0 Å². The van der Waals surface area contributed by atoms with Crippen LogP contribution in [0.25, 0.3) is 0 Å². The van der Waals surface area contributed by atoms with E-state index in [1.807, 2.05) is 0 Å². The van der Waals surface area contributed by atoms with Crippen molar-refractivity contribution in [3.63, 3.8) is 0 Å². The smallest absolute Gasteiger partial charge is 0.550 e. The third kappa shape index (κ3) is 32.8. The largest absolute Gasteiger partial charge is 1.00 e. The zero-order chi connectivity index (χ0) is 21.3. The monoisotopic (exact) mass is 580 g/mol. The van der Waals surface area contributed by atoms with Gasteiger partial charge in [-0.05, 0) is 0 Å². The normalized spacial score (nSPS) is 8.55. The Morgan fingerprint density at radius 1 is 0.485 bits per heavy atom. The van der Waals surface area contributed by atoms with Crippen molar-refractivity contribution in [2.24, 2.45) is 0 Å². The molecule has 0 amide bonds. The van der Waals surface area contributed by atoms with E-state index >= 15 is 0 Å². The molecular formula is C13H14K3Na3O14. The summed E-state index contributed by atoms with van der Waals surface area (Å²) >= 11 is 0. The summed E-state index contributed by atoms with van der Waals surface area (Å²) in [6.45, 7) is 0. The summed E-state index contributed by atoms with van der Waals surface area (Å²) in [4.78, 5) is 60.0. The molecule has 0 aliphatic carbocycles. The van der Waals surface area contributed by atoms with Gasteiger partial charge in [0.05, 0.1) is 11.9 Å². The van der Waals surface area contributed by atoms with Gasteiger partial charge in [-0.25, -0.2) is 0 Å². The van der Waals surface area contributed by atoms with E-state index in [0.717, 1.165) is 0 Å². The Bertz CT molecular complexity index is 536. The van der Waals surface area contributed by atoms with E-state index in [-0.39, 0.29) is 250 Å². The van der Waals surface area contributed by atoms with Gasteiger partial charge < -0.3 is 69.6 Å². The molecule has 0 spiro atoms. The number of aliphatic carboxylic acids is 6. The van der Waals surface area contributed by atoms with Gasteiger partial charge in [-0.2, -0.15) is 0 Å². The average molecular weight is 581 g/mol. The molecule has 0 aromatic rings. The van der Waals surface area contributed by atoms with Gasteiger partial charge in [0.1, 0.15) is 11.2 Å². The van der Waals surface area contributed by atoms with Crippen LogP contribution in [-0.4, -0.2) is 57.2 Å². The van der Waals surface area contributed by atoms with Crippen molar-refractivity contribution in [3.8, 4) is 0 Å². The molecule has 0 rings (SSSR count). The fraction of sp³-hybridized carbons (Fsp3) is 0.538. The maximum absolute atomic E-state index is 10.1. The summed E-state index contributed by atoms with van der Waals surface area (Å²) < 4.78 is 0. The summed E-state index contributed by atoms with van der Waals surface area (Å²) in [6.07, 6.45) is -5.43. The van der Waals surface area contributed by atoms with Crippen LogP contribution in [-0.2, 0) is 28.8 Å². The molecular weight excluding hydrogens is 566 g/mol. The van der Waals surface area contributed by atoms with E-state index in [9.17, 15) is 59.4 Å². The van der Waals surface area contributed by atoms with Crippen LogP contribution < -0.4 is 273 Å². The summed E-state index contributed by atoms with van der Waals surface area (Å²) in [7, 11) is 0. The molecule has 0 heterocycles. The summed E-state index contributed by atoms with van der Waals surface area (Å²) in [6, 6.07) is 0. The van der Waals surface area contributed by atoms with Gasteiger partial charge in [0.2, 0.25) is 0 Å². The Kier molecular flexibility index (Phi) is 58.2. The number of aliphatic hydroxyl groups is 2. The first-order valence-corrected chi connectivity index (χ1v) is 6.23. The first-order chi connectivity index (χ1) is 11.6. The van der Waals surface area contributed by atoms with Crippen LogP contribution in [0, 0.1) is 0 Å². The van der Waals surface area contributed by atoms with E-state index in [0.29, 0.717) is 0 Å². The van der Waals surface area contributed by atoms with Crippen LogP contribution in [0.4, 0.5) is 0 Å². The SMILES string of the molecule is C.O=C([O-])CC(O)(CC(=O)[O-])C(=O)[O-].O=C([O-])CC(O)(CC(=O)[O-])C(=O)[O-].[K+].[K+].[K+].[Na+].[Na+].[Na+]. The predicted octanol–water partition coefficient (Wildman–Crippen LogP) is -27.8. The first-order valence-electron chi connectivity index (χ1n) is 6.23. The zero-order valence-electron chi connectivity index (χ0n) is 18.6. The van der Waals surface area contributed by atoms with E-state index in [1.54, 1.807) is 0 Å². The molecule has 20 heteroatoms. The quantitative estimate of drug-likeness (QED) is 0.227. The second-order valence-electron chi connectivity index (χ2n) is 4.83. The van der Waals surface area contributed by atoms with Gasteiger partial charge in [0.15, 0.2) is 0 Å². The minimum atomic E-state index is -2.97. The molecule has 0 saturated heterocycles. The van der Waals surface area contributed by atoms with Crippen molar-refractivity contribution in [1.82, 2.24) is 0 Å². The number of carbonyl (C=O) groups is 6. The van der Waals surface area contributed by atoms with Crippen LogP contribution >= 0.6 is 0 Å². The predicted molar refractivity (Wildman–Crippen MR) is 65.1 cm³/mol. The van der Waals surface area contributed by atoms with Gasteiger partial charge in [-0.1, -0.05) is 7.43 Å². The van der Waals surface area contributed by atoms with E-state index in [4.69, 9.17) is 10.2 Å². The number of hydrogen-bond acceptors (Lipinski definition) is 14. The molecule has 0 saturated carbocycles. The molecule has 0 radical (unpaired) electrons. The van der Waals surface area contributed by atoms with Crippen molar-refractivity contribution >= 4 is 35.8 Å². The number of carboxylic acid groups (broad SMARTS) is 6. The average Bonchev–Trinajstić information content (AvgIpc) is 2.34. The summed E-state index contributed by atoms with van der Waals surface area (Å²) in [5, 5.41) is 77.9. The van der Waals surface area contributed by atoms with Crippen molar-refractivity contribution in [3.05, 3.63) is 0 Å². The maximum atomic E-state index is 10.1. The van der Waals surface area contributed by atoms with Crippen molar-refractivity contribution in [1.29, 1.82) is 0 Å². The Labute approximate surface area is 382 Å². The van der Waals surface area contributed by atoms with E-state index in [2.05, 4.69) is 0 Å². The molecule has 0 fully saturated rings. The van der Waals surface area contributed by atoms with Crippen LogP contribution in [0.3, 0.4) is 0 Å². The standard InChI is InChI=1S/2C6H8O7.CH4.3K.3Na/c2*7-3(8)1-6(13,5(11)12)2-4(9)10;;;;;;;/h2*13H,1-2H2,(H,7,8)(H,9,10)(H,11,12);1H4;;;;;;/q;;;6*+1/p-6. The van der Waals surface area contributed by atoms with Gasteiger partial charge in [0.25, 0.3) is 0 Å². The van der Waals surface area contributed by atoms with Gasteiger partial charge in [-0.15, -0.1) is 0 Å². The van der Waals surface area contributed by atoms with Gasteiger partial charge in [0, 0.05) is 49.6 Å². The zero-order valence-corrected chi connectivity index (χ0v) is 34.0. The second-order valence-corrected chi connectivity index (χ2v) is 4.83. The molecule has 14 nitrogen and oxygen atoms in total. The molecule has 0 aromatic carbocycles. The third-order valence-corrected chi connectivity index (χ3v) is 2.51. The Hall–Kier alpha value is 4.65. The molecule has 0 aliphatic rings. The summed E-state index contributed by atoms with van der Waals surface area (Å²) in [5.74, 6) is -12.0. The Morgan fingerprint density at radius 2 is 0.606 bits per heavy atom. The number of hydrogen-bond donors (Lipinski definition) is 2. The number of carbonyl (C=O) groups excluding carboxylic acids is 6. The minimum Gasteiger partial charge on any atom is -0.550 e. The fourth-order valence-electron chi connectivity index (χ4n) is 1.37. The van der Waals surface area contributed by atoms with E-state index in [1.165, 1.54) is 0 Å². The first kappa shape index (κ1) is 61.6. The molecule has 0 bridgehead atoms. The van der Waals surface area contributed by atoms with Crippen molar-refractivity contribution in [2.75, 3.05) is 0 Å². The molecule has 0 aliphatic heterocycles. The molecule has 2 N–H and O–H groups in total. The van der Waals surface area contributed by atoms with Gasteiger partial charge >= 0.3 is 243 Å². The van der Waals surface area contributed by atoms with E-state index < -0.39 is 72.7 Å². The molecule has 0 atom stereocenters. The third-order valence-electron chi connectivity index (χ3n) is 2.51. The van der Waals surface area contributed by atoms with Crippen LogP contribution in [0.5, 0.6) is 0 Å². The number of carboxylic acids is 6. The maximum Gasteiger partial charge on any atom is 1.00 e.